The Bertz CT molecular complexity index is 801. The zero-order valence-electron chi connectivity index (χ0n) is 12.1. The zero-order valence-corrected chi connectivity index (χ0v) is 13.7. The first-order valence-electron chi connectivity index (χ1n) is 6.69. The van der Waals surface area contributed by atoms with Crippen molar-refractivity contribution in [2.75, 3.05) is 0 Å². The van der Waals surface area contributed by atoms with E-state index in [1.807, 2.05) is 54.6 Å². The second-order valence-corrected chi connectivity index (χ2v) is 6.08. The fraction of sp³-hybridized carbons (Fsp3) is 0.0588. The Balaban J connectivity index is 2.17. The molecule has 0 radical (unpaired) electrons. The van der Waals surface area contributed by atoms with Crippen molar-refractivity contribution in [3.63, 3.8) is 0 Å². The summed E-state index contributed by atoms with van der Waals surface area (Å²) in [6.07, 6.45) is 0. The highest BCUT2D eigenvalue weighted by Crippen LogP contribution is 2.31. The third-order valence-corrected chi connectivity index (χ3v) is 4.35. The van der Waals surface area contributed by atoms with Crippen molar-refractivity contribution in [2.24, 2.45) is 5.73 Å². The second kappa shape index (κ2) is 8.14. The first kappa shape index (κ1) is 16.8. The predicted octanol–water partition coefficient (Wildman–Crippen LogP) is 3.80. The van der Waals surface area contributed by atoms with Crippen LogP contribution in [0.1, 0.15) is 5.56 Å². The Morgan fingerprint density at radius 2 is 1.78 bits per heavy atom. The Morgan fingerprint density at radius 1 is 1.09 bits per heavy atom. The Kier molecular flexibility index (Phi) is 5.94. The monoisotopic (exact) mass is 340 g/mol. The van der Waals surface area contributed by atoms with Gasteiger partial charge in [0, 0.05) is 21.4 Å². The fourth-order valence-corrected chi connectivity index (χ4v) is 2.88. The van der Waals surface area contributed by atoms with Crippen LogP contribution in [0.3, 0.4) is 0 Å². The van der Waals surface area contributed by atoms with Gasteiger partial charge in [-0.15, -0.1) is 0 Å². The maximum atomic E-state index is 9.02. The van der Waals surface area contributed by atoms with Gasteiger partial charge < -0.3 is 11.1 Å². The Hall–Kier alpha value is -2.60. The summed E-state index contributed by atoms with van der Waals surface area (Å²) in [7, 11) is 0. The summed E-state index contributed by atoms with van der Waals surface area (Å²) in [5.41, 5.74) is 6.46. The van der Waals surface area contributed by atoms with Gasteiger partial charge in [0.25, 0.3) is 0 Å². The van der Waals surface area contributed by atoms with Gasteiger partial charge in [-0.05, 0) is 35.9 Å². The molecule has 0 aliphatic carbocycles. The lowest BCUT2D eigenvalue weighted by Crippen LogP contribution is -2.16. The van der Waals surface area contributed by atoms with Crippen LogP contribution in [-0.4, -0.2) is 0 Å². The molecule has 0 aliphatic heterocycles. The topological polar surface area (TPSA) is 85.6 Å². The minimum Gasteiger partial charge on any atom is -0.388 e. The average molecular weight is 341 g/mol. The van der Waals surface area contributed by atoms with Crippen LogP contribution in [0.25, 0.3) is 0 Å². The van der Waals surface area contributed by atoms with Gasteiger partial charge in [-0.25, -0.2) is 0 Å². The summed E-state index contributed by atoms with van der Waals surface area (Å²) in [6.45, 7) is 0.405. The quantitative estimate of drug-likeness (QED) is 0.808. The largest absolute Gasteiger partial charge is 0.388 e. The van der Waals surface area contributed by atoms with Crippen molar-refractivity contribution < 1.29 is 0 Å². The molecular formula is C17H13ClN4S. The molecule has 0 saturated carbocycles. The SMILES string of the molecule is N#C/C(N)=C(/C#N)NCc1ccccc1Sc1ccc(Cl)cc1. The third-order valence-electron chi connectivity index (χ3n) is 2.97. The number of halogens is 1. The average Bonchev–Trinajstić information content (AvgIpc) is 2.58. The number of rotatable bonds is 5. The molecule has 0 atom stereocenters. The number of hydrogen-bond donors (Lipinski definition) is 2. The van der Waals surface area contributed by atoms with Crippen LogP contribution in [0.2, 0.25) is 5.02 Å². The normalized spacial score (nSPS) is 11.1. The molecule has 0 fully saturated rings. The second-order valence-electron chi connectivity index (χ2n) is 4.53. The maximum Gasteiger partial charge on any atom is 0.148 e. The summed E-state index contributed by atoms with van der Waals surface area (Å²) >= 11 is 7.50. The van der Waals surface area contributed by atoms with E-state index in [0.717, 1.165) is 15.4 Å². The molecule has 6 heteroatoms. The lowest BCUT2D eigenvalue weighted by molar-refractivity contribution is 0.813. The first-order chi connectivity index (χ1) is 11.1. The fourth-order valence-electron chi connectivity index (χ4n) is 1.81. The number of hydrogen-bond acceptors (Lipinski definition) is 5. The summed E-state index contributed by atoms with van der Waals surface area (Å²) < 4.78 is 0. The van der Waals surface area contributed by atoms with Crippen molar-refractivity contribution in [3.8, 4) is 12.1 Å². The van der Waals surface area contributed by atoms with E-state index in [1.165, 1.54) is 0 Å². The Morgan fingerprint density at radius 3 is 2.43 bits per heavy atom. The molecule has 0 heterocycles. The van der Waals surface area contributed by atoms with Gasteiger partial charge in [0.1, 0.15) is 23.5 Å². The van der Waals surface area contributed by atoms with Crippen molar-refractivity contribution in [1.29, 1.82) is 10.5 Å². The minimum atomic E-state index is -0.115. The lowest BCUT2D eigenvalue weighted by atomic mass is 10.2. The molecule has 0 bridgehead atoms. The highest BCUT2D eigenvalue weighted by molar-refractivity contribution is 7.99. The molecule has 2 rings (SSSR count). The van der Waals surface area contributed by atoms with Crippen LogP contribution in [0.5, 0.6) is 0 Å². The molecule has 0 aliphatic rings. The van der Waals surface area contributed by atoms with Gasteiger partial charge in [0.05, 0.1) is 0 Å². The van der Waals surface area contributed by atoms with Gasteiger partial charge in [-0.1, -0.05) is 41.6 Å². The van der Waals surface area contributed by atoms with E-state index in [-0.39, 0.29) is 11.4 Å². The lowest BCUT2D eigenvalue weighted by Gasteiger charge is -2.11. The number of allylic oxidation sites excluding steroid dienone is 2. The molecule has 2 aromatic rings. The number of benzene rings is 2. The summed E-state index contributed by atoms with van der Waals surface area (Å²) in [5.74, 6) is 0. The zero-order chi connectivity index (χ0) is 16.7. The molecule has 23 heavy (non-hydrogen) atoms. The van der Waals surface area contributed by atoms with Gasteiger partial charge in [0.15, 0.2) is 0 Å². The van der Waals surface area contributed by atoms with Crippen LogP contribution >= 0.6 is 23.4 Å². The number of nitriles is 2. The van der Waals surface area contributed by atoms with Crippen LogP contribution in [0, 0.1) is 22.7 Å². The van der Waals surface area contributed by atoms with Gasteiger partial charge in [0.2, 0.25) is 0 Å². The first-order valence-corrected chi connectivity index (χ1v) is 7.88. The van der Waals surface area contributed by atoms with Gasteiger partial charge in [-0.3, -0.25) is 0 Å². The highest BCUT2D eigenvalue weighted by atomic mass is 35.5. The van der Waals surface area contributed by atoms with E-state index in [2.05, 4.69) is 5.32 Å². The molecule has 3 N–H and O–H groups in total. The summed E-state index contributed by atoms with van der Waals surface area (Å²) in [4.78, 5) is 2.12. The number of nitrogens with one attached hydrogen (secondary N) is 1. The maximum absolute atomic E-state index is 9.02. The molecule has 0 spiro atoms. The number of nitrogens with zero attached hydrogens (tertiary/aromatic N) is 2. The van der Waals surface area contributed by atoms with E-state index >= 15 is 0 Å². The molecule has 0 saturated heterocycles. The van der Waals surface area contributed by atoms with Crippen molar-refractivity contribution >= 4 is 23.4 Å². The molecule has 0 aromatic heterocycles. The molecule has 114 valence electrons. The van der Waals surface area contributed by atoms with E-state index in [4.69, 9.17) is 27.9 Å². The summed E-state index contributed by atoms with van der Waals surface area (Å²) in [5, 5.41) is 21.4. The van der Waals surface area contributed by atoms with E-state index < -0.39 is 0 Å². The van der Waals surface area contributed by atoms with E-state index in [9.17, 15) is 0 Å². The van der Waals surface area contributed by atoms with Crippen molar-refractivity contribution in [3.05, 3.63) is 70.5 Å². The standard InChI is InChI=1S/C17H13ClN4S/c18-13-5-7-14(8-6-13)23-17-4-2-1-3-12(17)11-22-16(10-20)15(21)9-19/h1-8,22H,11,21H2/b16-15+. The van der Waals surface area contributed by atoms with E-state index in [1.54, 1.807) is 17.8 Å². The number of nitrogens with two attached hydrogens (primary N) is 1. The van der Waals surface area contributed by atoms with E-state index in [0.29, 0.717) is 11.6 Å². The minimum absolute atomic E-state index is 0.0822. The van der Waals surface area contributed by atoms with Crippen LogP contribution in [0.15, 0.2) is 69.7 Å². The van der Waals surface area contributed by atoms with Crippen molar-refractivity contribution in [2.45, 2.75) is 16.3 Å². The molecule has 2 aromatic carbocycles. The molecule has 4 nitrogen and oxygen atoms in total. The Labute approximate surface area is 144 Å². The van der Waals surface area contributed by atoms with Crippen molar-refractivity contribution in [1.82, 2.24) is 5.32 Å². The third kappa shape index (κ3) is 4.69. The van der Waals surface area contributed by atoms with Gasteiger partial charge >= 0.3 is 0 Å². The van der Waals surface area contributed by atoms with Gasteiger partial charge in [-0.2, -0.15) is 10.5 Å². The summed E-state index contributed by atoms with van der Waals surface area (Å²) in [6, 6.07) is 19.1. The highest BCUT2D eigenvalue weighted by Gasteiger charge is 2.07. The molecule has 0 amide bonds. The molecule has 0 unspecified atom stereocenters. The van der Waals surface area contributed by atoms with Crippen LogP contribution in [-0.2, 0) is 6.54 Å². The predicted molar refractivity (Wildman–Crippen MR) is 91.3 cm³/mol. The van der Waals surface area contributed by atoms with Crippen LogP contribution < -0.4 is 11.1 Å². The van der Waals surface area contributed by atoms with Crippen LogP contribution in [0.4, 0.5) is 0 Å². The smallest absolute Gasteiger partial charge is 0.148 e. The molecular weight excluding hydrogens is 328 g/mol.